The Bertz CT molecular complexity index is 1520. The summed E-state index contributed by atoms with van der Waals surface area (Å²) in [5, 5.41) is 28.8. The van der Waals surface area contributed by atoms with Gasteiger partial charge in [-0.05, 0) is 61.4 Å². The summed E-state index contributed by atoms with van der Waals surface area (Å²) in [4.78, 5) is 24.7. The van der Waals surface area contributed by atoms with Gasteiger partial charge in [0.2, 0.25) is 10.0 Å². The van der Waals surface area contributed by atoms with Crippen LogP contribution < -0.4 is 19.1 Å². The zero-order valence-corrected chi connectivity index (χ0v) is 23.7. The molecule has 41 heavy (non-hydrogen) atoms. The molecule has 0 atom stereocenters. The Kier molecular flexibility index (Phi) is 9.49. The van der Waals surface area contributed by atoms with E-state index in [1.165, 1.54) is 42.5 Å². The quantitative estimate of drug-likeness (QED) is 0.227. The van der Waals surface area contributed by atoms with Gasteiger partial charge in [-0.15, -0.1) is 0 Å². The maximum Gasteiger partial charge on any atom is 0.420 e. The fraction of sp³-hybridized carbons (Fsp3) is 0.259. The number of benzene rings is 3. The van der Waals surface area contributed by atoms with Gasteiger partial charge in [0, 0.05) is 12.1 Å². The van der Waals surface area contributed by atoms with Crippen LogP contribution in [0.25, 0.3) is 0 Å². The number of carbonyl (C=O) groups is 2. The van der Waals surface area contributed by atoms with E-state index in [4.69, 9.17) is 32.7 Å². The third kappa shape index (κ3) is 7.73. The third-order valence-corrected chi connectivity index (χ3v) is 8.33. The number of aliphatic carboxylic acids is 1. The van der Waals surface area contributed by atoms with Crippen LogP contribution in [-0.4, -0.2) is 48.4 Å². The van der Waals surface area contributed by atoms with Crippen molar-refractivity contribution >= 4 is 51.0 Å². The first kappa shape index (κ1) is 30.3. The molecule has 4 N–H and O–H groups in total. The Morgan fingerprint density at radius 2 is 1.54 bits per heavy atom. The lowest BCUT2D eigenvalue weighted by atomic mass is 9.96. The number of ether oxygens (including phenoxy) is 2. The topological polar surface area (TPSA) is 163 Å². The minimum absolute atomic E-state index is 0.00231. The number of carboxylic acids is 1. The second kappa shape index (κ2) is 12.9. The van der Waals surface area contributed by atoms with Crippen LogP contribution in [0, 0.1) is 0 Å². The number of phenolic OH excluding ortho intramolecular Hbond substituents is 2. The molecule has 0 radical (unpaired) electrons. The lowest BCUT2D eigenvalue weighted by Gasteiger charge is -2.23. The minimum Gasteiger partial charge on any atom is -0.508 e. The highest BCUT2D eigenvalue weighted by molar-refractivity contribution is 7.89. The molecule has 1 amide bonds. The number of hydrogen-bond donors (Lipinski definition) is 4. The SMILES string of the molecule is O=C(O)CN(C(=O)Oc1ccc(O)cc1)c1cc(Cl)c(Oc2ccc(O)c(S(=O)(=O)NC3CCCCC3)c2)c(Cl)c1. The highest BCUT2D eigenvalue weighted by atomic mass is 35.5. The summed E-state index contributed by atoms with van der Waals surface area (Å²) in [5.41, 5.74) is -0.0239. The van der Waals surface area contributed by atoms with Crippen molar-refractivity contribution in [2.24, 2.45) is 0 Å². The molecule has 4 rings (SSSR count). The smallest absolute Gasteiger partial charge is 0.420 e. The van der Waals surface area contributed by atoms with Gasteiger partial charge in [0.15, 0.2) is 5.75 Å². The predicted molar refractivity (Wildman–Crippen MR) is 151 cm³/mol. The fourth-order valence-corrected chi connectivity index (χ4v) is 6.23. The lowest BCUT2D eigenvalue weighted by Crippen LogP contribution is -2.37. The van der Waals surface area contributed by atoms with Crippen molar-refractivity contribution in [1.82, 2.24) is 4.72 Å². The number of anilines is 1. The Balaban J connectivity index is 1.58. The summed E-state index contributed by atoms with van der Waals surface area (Å²) in [6.45, 7) is -0.795. The molecule has 218 valence electrons. The molecule has 1 saturated carbocycles. The first-order valence-corrected chi connectivity index (χ1v) is 14.7. The molecule has 0 bridgehead atoms. The summed E-state index contributed by atoms with van der Waals surface area (Å²) in [6.07, 6.45) is 3.21. The standard InChI is InChI=1S/C27H26Cl2N2O9S/c28-21-12-17(31(15-25(34)35)27(36)40-19-8-6-18(32)7-9-19)13-22(29)26(21)39-20-10-11-23(33)24(14-20)41(37,38)30-16-4-2-1-3-5-16/h6-14,16,30,32-33H,1-5,15H2,(H,34,35). The second-order valence-electron chi connectivity index (χ2n) is 9.27. The molecular formula is C27H26Cl2N2O9S. The number of nitrogens with zero attached hydrogens (tertiary/aromatic N) is 1. The fourth-order valence-electron chi connectivity index (χ4n) is 4.26. The van der Waals surface area contributed by atoms with E-state index in [-0.39, 0.29) is 49.7 Å². The van der Waals surface area contributed by atoms with Gasteiger partial charge in [0.05, 0.1) is 15.7 Å². The van der Waals surface area contributed by atoms with Crippen LogP contribution in [0.2, 0.25) is 10.0 Å². The Morgan fingerprint density at radius 1 is 0.927 bits per heavy atom. The second-order valence-corrected chi connectivity index (χ2v) is 11.8. The zero-order valence-electron chi connectivity index (χ0n) is 21.4. The predicted octanol–water partition coefficient (Wildman–Crippen LogP) is 5.90. The number of carboxylic acid groups (broad SMARTS) is 1. The van der Waals surface area contributed by atoms with Crippen molar-refractivity contribution in [3.05, 3.63) is 64.6 Å². The van der Waals surface area contributed by atoms with Crippen molar-refractivity contribution in [2.45, 2.75) is 43.0 Å². The van der Waals surface area contributed by atoms with Crippen LogP contribution in [-0.2, 0) is 14.8 Å². The van der Waals surface area contributed by atoms with Crippen LogP contribution in [0.3, 0.4) is 0 Å². The molecule has 11 nitrogen and oxygen atoms in total. The molecule has 1 fully saturated rings. The van der Waals surface area contributed by atoms with Crippen molar-refractivity contribution in [3.63, 3.8) is 0 Å². The Hall–Kier alpha value is -3.71. The zero-order chi connectivity index (χ0) is 29.7. The summed E-state index contributed by atoms with van der Waals surface area (Å²) in [5.74, 6) is -1.92. The lowest BCUT2D eigenvalue weighted by molar-refractivity contribution is -0.135. The average molecular weight is 625 g/mol. The van der Waals surface area contributed by atoms with E-state index < -0.39 is 34.4 Å². The molecule has 0 heterocycles. The third-order valence-electron chi connectivity index (χ3n) is 6.22. The van der Waals surface area contributed by atoms with Crippen molar-refractivity contribution in [1.29, 1.82) is 0 Å². The molecule has 1 aliphatic rings. The van der Waals surface area contributed by atoms with Crippen molar-refractivity contribution < 1.29 is 42.8 Å². The van der Waals surface area contributed by atoms with E-state index in [1.807, 2.05) is 0 Å². The summed E-state index contributed by atoms with van der Waals surface area (Å²) >= 11 is 12.8. The van der Waals surface area contributed by atoms with Gasteiger partial charge in [0.1, 0.15) is 34.4 Å². The maximum atomic E-state index is 13.0. The van der Waals surface area contributed by atoms with Crippen LogP contribution in [0.1, 0.15) is 32.1 Å². The molecule has 0 aromatic heterocycles. The number of amides is 1. The van der Waals surface area contributed by atoms with Crippen LogP contribution in [0.5, 0.6) is 28.7 Å². The first-order valence-electron chi connectivity index (χ1n) is 12.5. The van der Waals surface area contributed by atoms with Crippen LogP contribution >= 0.6 is 23.2 Å². The highest BCUT2D eigenvalue weighted by Crippen LogP contribution is 2.41. The largest absolute Gasteiger partial charge is 0.508 e. The van der Waals surface area contributed by atoms with E-state index in [0.717, 1.165) is 36.3 Å². The van der Waals surface area contributed by atoms with E-state index >= 15 is 0 Å². The van der Waals surface area contributed by atoms with E-state index in [1.54, 1.807) is 0 Å². The molecule has 0 saturated heterocycles. The number of aromatic hydroxyl groups is 2. The van der Waals surface area contributed by atoms with E-state index in [0.29, 0.717) is 12.8 Å². The molecule has 1 aliphatic carbocycles. The van der Waals surface area contributed by atoms with Gasteiger partial charge in [-0.25, -0.2) is 17.9 Å². The van der Waals surface area contributed by atoms with Crippen molar-refractivity contribution in [2.75, 3.05) is 11.4 Å². The van der Waals surface area contributed by atoms with Gasteiger partial charge in [-0.2, -0.15) is 0 Å². The van der Waals surface area contributed by atoms with E-state index in [9.17, 15) is 33.3 Å². The molecule has 14 heteroatoms. The number of carbonyl (C=O) groups excluding carboxylic acids is 1. The summed E-state index contributed by atoms with van der Waals surface area (Å²) in [6, 6.07) is 11.1. The van der Waals surface area contributed by atoms with Gasteiger partial charge in [-0.1, -0.05) is 42.5 Å². The number of rotatable bonds is 9. The van der Waals surface area contributed by atoms with Crippen molar-refractivity contribution in [3.8, 4) is 28.7 Å². The molecule has 0 unspecified atom stereocenters. The normalized spacial score (nSPS) is 13.9. The van der Waals surface area contributed by atoms with Gasteiger partial charge in [-0.3, -0.25) is 9.69 Å². The first-order chi connectivity index (χ1) is 19.4. The number of halogens is 2. The number of phenols is 2. The average Bonchev–Trinajstić information content (AvgIpc) is 2.91. The molecular weight excluding hydrogens is 599 g/mol. The molecule has 0 spiro atoms. The summed E-state index contributed by atoms with van der Waals surface area (Å²) in [7, 11) is -4.07. The van der Waals surface area contributed by atoms with Gasteiger partial charge in [0.25, 0.3) is 0 Å². The van der Waals surface area contributed by atoms with Crippen LogP contribution in [0.15, 0.2) is 59.5 Å². The Morgan fingerprint density at radius 3 is 2.15 bits per heavy atom. The Labute approximate surface area is 245 Å². The van der Waals surface area contributed by atoms with Gasteiger partial charge >= 0.3 is 12.1 Å². The monoisotopic (exact) mass is 624 g/mol. The van der Waals surface area contributed by atoms with E-state index in [2.05, 4.69) is 4.72 Å². The molecule has 0 aliphatic heterocycles. The van der Waals surface area contributed by atoms with Crippen LogP contribution in [0.4, 0.5) is 10.5 Å². The molecule has 3 aromatic rings. The molecule has 3 aromatic carbocycles. The highest BCUT2D eigenvalue weighted by Gasteiger charge is 2.27. The number of sulfonamides is 1. The number of nitrogens with one attached hydrogen (secondary N) is 1. The number of hydrogen-bond acceptors (Lipinski definition) is 8. The maximum absolute atomic E-state index is 13.0. The summed E-state index contributed by atoms with van der Waals surface area (Å²) < 4.78 is 39.6. The minimum atomic E-state index is -4.07. The van der Waals surface area contributed by atoms with Gasteiger partial charge < -0.3 is 24.8 Å².